The first kappa shape index (κ1) is 35.8. The standard InChI is InChI=1S/C26H45N4O11P/c1-8-38-22(33)17(12-15(3)4)28-42(37,29-18(13-16(5)6)23(34)39-9-2)40-14-19-21(32)26(7,36)24(41-19)30-11-10-20(31)27-25(30)35/h10-11,15-19,21,24,32,36H,8-9,12-14H2,1-7H3,(H,27,31,35)(H2,28,29,37)/t17?,18?,19-,21?,24-,26+,42?/m1/s1. The minimum atomic E-state index is -4.32. The number of H-pyrrole nitrogens is 1. The van der Waals surface area contributed by atoms with Crippen LogP contribution < -0.4 is 21.4 Å². The predicted molar refractivity (Wildman–Crippen MR) is 151 cm³/mol. The highest BCUT2D eigenvalue weighted by molar-refractivity contribution is 7.54. The fourth-order valence-electron chi connectivity index (χ4n) is 4.52. The molecule has 6 atom stereocenters. The summed E-state index contributed by atoms with van der Waals surface area (Å²) >= 11 is 0. The maximum Gasteiger partial charge on any atom is 0.342 e. The minimum absolute atomic E-state index is 0.0247. The number of rotatable bonds is 16. The number of nitrogens with one attached hydrogen (secondary N) is 3. The maximum atomic E-state index is 14.3. The van der Waals surface area contributed by atoms with Crippen LogP contribution in [0.15, 0.2) is 21.9 Å². The van der Waals surface area contributed by atoms with Gasteiger partial charge in [0, 0.05) is 12.3 Å². The normalized spacial score (nSPS) is 25.3. The highest BCUT2D eigenvalue weighted by Crippen LogP contribution is 2.44. The highest BCUT2D eigenvalue weighted by atomic mass is 31.2. The van der Waals surface area contributed by atoms with E-state index in [9.17, 15) is 34.0 Å². The van der Waals surface area contributed by atoms with Gasteiger partial charge >= 0.3 is 25.3 Å². The second-order valence-electron chi connectivity index (χ2n) is 11.2. The molecule has 240 valence electrons. The Labute approximate surface area is 244 Å². The molecule has 0 radical (unpaired) electrons. The topological polar surface area (TPSA) is 208 Å². The van der Waals surface area contributed by atoms with E-state index in [2.05, 4.69) is 15.2 Å². The molecule has 1 saturated heterocycles. The molecular weight excluding hydrogens is 575 g/mol. The van der Waals surface area contributed by atoms with Crippen molar-refractivity contribution in [1.82, 2.24) is 19.7 Å². The van der Waals surface area contributed by atoms with E-state index in [4.69, 9.17) is 18.7 Å². The molecule has 0 aliphatic carbocycles. The lowest BCUT2D eigenvalue weighted by atomic mass is 9.96. The summed E-state index contributed by atoms with van der Waals surface area (Å²) in [7, 11) is -4.32. The van der Waals surface area contributed by atoms with Gasteiger partial charge in [0.05, 0.1) is 19.8 Å². The highest BCUT2D eigenvalue weighted by Gasteiger charge is 2.54. The molecule has 16 heteroatoms. The van der Waals surface area contributed by atoms with Crippen LogP contribution in [0, 0.1) is 11.8 Å². The first-order valence-electron chi connectivity index (χ1n) is 14.0. The summed E-state index contributed by atoms with van der Waals surface area (Å²) in [6.07, 6.45) is -2.85. The molecule has 42 heavy (non-hydrogen) atoms. The summed E-state index contributed by atoms with van der Waals surface area (Å²) < 4.78 is 37.1. The summed E-state index contributed by atoms with van der Waals surface area (Å²) in [4.78, 5) is 51.4. The predicted octanol–water partition coefficient (Wildman–Crippen LogP) is 0.805. The van der Waals surface area contributed by atoms with Gasteiger partial charge in [-0.25, -0.2) is 15.0 Å². The lowest BCUT2D eigenvalue weighted by molar-refractivity contribution is -0.146. The minimum Gasteiger partial charge on any atom is -0.465 e. The molecule has 0 bridgehead atoms. The lowest BCUT2D eigenvalue weighted by Gasteiger charge is -2.30. The van der Waals surface area contributed by atoms with Gasteiger partial charge in [0.2, 0.25) is 0 Å². The molecule has 1 aliphatic rings. The van der Waals surface area contributed by atoms with Crippen molar-refractivity contribution < 1.29 is 43.1 Å². The van der Waals surface area contributed by atoms with E-state index in [0.717, 1.165) is 16.8 Å². The quantitative estimate of drug-likeness (QED) is 0.128. The molecule has 0 amide bonds. The van der Waals surface area contributed by atoms with E-state index in [0.29, 0.717) is 0 Å². The Bertz CT molecular complexity index is 1180. The van der Waals surface area contributed by atoms with Crippen LogP contribution in [0.4, 0.5) is 0 Å². The Hall–Kier alpha value is -2.39. The number of aliphatic hydroxyl groups excluding tert-OH is 1. The number of aromatic nitrogens is 2. The molecule has 3 unspecified atom stereocenters. The van der Waals surface area contributed by atoms with Gasteiger partial charge in [-0.2, -0.15) is 0 Å². The average Bonchev–Trinajstić information content (AvgIpc) is 3.10. The molecule has 1 aliphatic heterocycles. The van der Waals surface area contributed by atoms with E-state index in [1.807, 2.05) is 27.7 Å². The summed E-state index contributed by atoms with van der Waals surface area (Å²) in [5, 5.41) is 27.3. The van der Waals surface area contributed by atoms with Crippen molar-refractivity contribution in [1.29, 1.82) is 0 Å². The third-order valence-corrected chi connectivity index (χ3v) is 8.30. The van der Waals surface area contributed by atoms with Crippen molar-refractivity contribution in [3.8, 4) is 0 Å². The third kappa shape index (κ3) is 9.56. The fourth-order valence-corrected chi connectivity index (χ4v) is 6.34. The molecule has 5 N–H and O–H groups in total. The van der Waals surface area contributed by atoms with Crippen LogP contribution in [-0.4, -0.2) is 81.4 Å². The van der Waals surface area contributed by atoms with Crippen LogP contribution in [0.25, 0.3) is 0 Å². The second kappa shape index (κ2) is 15.4. The molecule has 2 heterocycles. The van der Waals surface area contributed by atoms with Crippen LogP contribution in [0.3, 0.4) is 0 Å². The summed E-state index contributed by atoms with van der Waals surface area (Å²) in [6, 6.07) is -1.13. The third-order valence-electron chi connectivity index (χ3n) is 6.49. The van der Waals surface area contributed by atoms with Gasteiger partial charge < -0.3 is 28.9 Å². The summed E-state index contributed by atoms with van der Waals surface area (Å²) in [6.45, 7) is 11.5. The Balaban J connectivity index is 2.41. The van der Waals surface area contributed by atoms with Crippen LogP contribution >= 0.6 is 7.67 Å². The monoisotopic (exact) mass is 620 g/mol. The number of aromatic amines is 1. The van der Waals surface area contributed by atoms with Gasteiger partial charge in [0.25, 0.3) is 5.56 Å². The van der Waals surface area contributed by atoms with Crippen molar-refractivity contribution in [2.24, 2.45) is 11.8 Å². The van der Waals surface area contributed by atoms with Gasteiger partial charge in [-0.1, -0.05) is 27.7 Å². The Morgan fingerprint density at radius 3 is 2.00 bits per heavy atom. The van der Waals surface area contributed by atoms with E-state index < -0.39 is 73.6 Å². The van der Waals surface area contributed by atoms with E-state index in [1.54, 1.807) is 13.8 Å². The van der Waals surface area contributed by atoms with E-state index >= 15 is 0 Å². The van der Waals surface area contributed by atoms with Gasteiger partial charge in [-0.05, 0) is 45.4 Å². The molecule has 0 saturated carbocycles. The van der Waals surface area contributed by atoms with Gasteiger partial charge in [-0.3, -0.25) is 28.5 Å². The first-order chi connectivity index (χ1) is 19.5. The SMILES string of the molecule is CCOC(=O)C(CC(C)C)NP(=O)(NC(CC(C)C)C(=O)OCC)OC[C@H]1O[C@@H](n2ccc(=O)[nH]c2=O)[C@@](C)(O)C1O. The van der Waals surface area contributed by atoms with Crippen LogP contribution in [-0.2, 0) is 32.9 Å². The van der Waals surface area contributed by atoms with Crippen molar-refractivity contribution >= 4 is 19.6 Å². The maximum absolute atomic E-state index is 14.3. The number of aliphatic hydroxyl groups is 2. The van der Waals surface area contributed by atoms with E-state index in [-0.39, 0.29) is 37.9 Å². The average molecular weight is 621 g/mol. The van der Waals surface area contributed by atoms with Gasteiger partial charge in [-0.15, -0.1) is 0 Å². The Morgan fingerprint density at radius 2 is 1.57 bits per heavy atom. The summed E-state index contributed by atoms with van der Waals surface area (Å²) in [5.74, 6) is -1.40. The number of carbonyl (C=O) groups excluding carboxylic acids is 2. The Kier molecular flexibility index (Phi) is 13.1. The molecule has 0 spiro atoms. The largest absolute Gasteiger partial charge is 0.465 e. The molecule has 1 aromatic rings. The second-order valence-corrected chi connectivity index (χ2v) is 13.1. The number of carbonyl (C=O) groups is 2. The first-order valence-corrected chi connectivity index (χ1v) is 15.7. The van der Waals surface area contributed by atoms with Gasteiger partial charge in [0.1, 0.15) is 29.9 Å². The zero-order chi connectivity index (χ0) is 31.8. The van der Waals surface area contributed by atoms with Crippen molar-refractivity contribution in [3.63, 3.8) is 0 Å². The van der Waals surface area contributed by atoms with Crippen molar-refractivity contribution in [3.05, 3.63) is 33.1 Å². The molecule has 15 nitrogen and oxygen atoms in total. The number of nitrogens with zero attached hydrogens (tertiary/aromatic N) is 1. The van der Waals surface area contributed by atoms with Crippen LogP contribution in [0.2, 0.25) is 0 Å². The van der Waals surface area contributed by atoms with Crippen LogP contribution in [0.5, 0.6) is 0 Å². The van der Waals surface area contributed by atoms with E-state index in [1.165, 1.54) is 6.92 Å². The fraction of sp³-hybridized carbons (Fsp3) is 0.769. The zero-order valence-electron chi connectivity index (χ0n) is 25.2. The summed E-state index contributed by atoms with van der Waals surface area (Å²) in [5.41, 5.74) is -3.58. The van der Waals surface area contributed by atoms with Gasteiger partial charge in [0.15, 0.2) is 6.23 Å². The molecule has 2 rings (SSSR count). The number of esters is 2. The lowest BCUT2D eigenvalue weighted by Crippen LogP contribution is -2.47. The number of hydrogen-bond acceptors (Lipinski definition) is 11. The molecular formula is C26H45N4O11P. The molecule has 0 aromatic carbocycles. The Morgan fingerprint density at radius 1 is 1.07 bits per heavy atom. The van der Waals surface area contributed by atoms with Crippen LogP contribution in [0.1, 0.15) is 67.5 Å². The zero-order valence-corrected chi connectivity index (χ0v) is 26.1. The van der Waals surface area contributed by atoms with Crippen molar-refractivity contribution in [2.75, 3.05) is 19.8 Å². The number of hydrogen-bond donors (Lipinski definition) is 5. The number of ether oxygens (including phenoxy) is 3. The smallest absolute Gasteiger partial charge is 0.342 e. The molecule has 1 fully saturated rings. The molecule has 1 aromatic heterocycles. The van der Waals surface area contributed by atoms with Crippen molar-refractivity contribution in [2.45, 2.75) is 97.4 Å².